The molecule has 2 aromatic rings. The number of ether oxygens (including phenoxy) is 1. The van der Waals surface area contributed by atoms with Crippen molar-refractivity contribution in [2.24, 2.45) is 5.73 Å². The molecule has 0 aliphatic carbocycles. The van der Waals surface area contributed by atoms with Gasteiger partial charge >= 0.3 is 0 Å². The van der Waals surface area contributed by atoms with Gasteiger partial charge in [-0.3, -0.25) is 4.98 Å². The minimum Gasteiger partial charge on any atom is -0.492 e. The molecule has 0 fully saturated rings. The van der Waals surface area contributed by atoms with Crippen LogP contribution in [0.4, 0.5) is 0 Å². The molecular weight excluding hydrogens is 283 g/mol. The lowest BCUT2D eigenvalue weighted by Gasteiger charge is -2.15. The Morgan fingerprint density at radius 2 is 2.05 bits per heavy atom. The van der Waals surface area contributed by atoms with Crippen molar-refractivity contribution >= 4 is 23.2 Å². The number of nitrogens with two attached hydrogens (primary N) is 1. The monoisotopic (exact) mass is 296 g/mol. The van der Waals surface area contributed by atoms with E-state index in [4.69, 9.17) is 33.7 Å². The molecule has 100 valence electrons. The molecule has 19 heavy (non-hydrogen) atoms. The van der Waals surface area contributed by atoms with Gasteiger partial charge in [-0.2, -0.15) is 0 Å². The van der Waals surface area contributed by atoms with Gasteiger partial charge in [0.2, 0.25) is 0 Å². The molecule has 0 spiro atoms. The van der Waals surface area contributed by atoms with Crippen LogP contribution in [0, 0.1) is 0 Å². The molecule has 1 unspecified atom stereocenters. The number of aromatic nitrogens is 1. The highest BCUT2D eigenvalue weighted by molar-refractivity contribution is 6.33. The number of pyridine rings is 1. The predicted octanol–water partition coefficient (Wildman–Crippen LogP) is 3.84. The molecule has 0 amide bonds. The molecule has 3 nitrogen and oxygen atoms in total. The summed E-state index contributed by atoms with van der Waals surface area (Å²) in [7, 11) is 0. The third kappa shape index (κ3) is 3.38. The van der Waals surface area contributed by atoms with Gasteiger partial charge in [-0.1, -0.05) is 23.2 Å². The molecule has 1 aromatic carbocycles. The fourth-order valence-corrected chi connectivity index (χ4v) is 2.20. The van der Waals surface area contributed by atoms with Gasteiger partial charge < -0.3 is 10.5 Å². The van der Waals surface area contributed by atoms with Crippen molar-refractivity contribution in [3.05, 3.63) is 57.8 Å². The van der Waals surface area contributed by atoms with Crippen molar-refractivity contribution in [1.82, 2.24) is 4.98 Å². The molecule has 0 aliphatic rings. The zero-order valence-corrected chi connectivity index (χ0v) is 11.9. The summed E-state index contributed by atoms with van der Waals surface area (Å²) >= 11 is 12.1. The van der Waals surface area contributed by atoms with E-state index in [-0.39, 0.29) is 6.04 Å². The SMILES string of the molecule is CCOc1cncc(C(N)c2cc(Cl)ccc2Cl)c1. The van der Waals surface area contributed by atoms with Crippen LogP contribution in [-0.2, 0) is 0 Å². The molecule has 0 bridgehead atoms. The van der Waals surface area contributed by atoms with Crippen LogP contribution >= 0.6 is 23.2 Å². The highest BCUT2D eigenvalue weighted by Crippen LogP contribution is 2.29. The first-order valence-electron chi connectivity index (χ1n) is 5.90. The average Bonchev–Trinajstić information content (AvgIpc) is 2.41. The van der Waals surface area contributed by atoms with Crippen LogP contribution in [0.1, 0.15) is 24.1 Å². The lowest BCUT2D eigenvalue weighted by molar-refractivity contribution is 0.338. The Kier molecular flexibility index (Phi) is 4.64. The van der Waals surface area contributed by atoms with Crippen LogP contribution in [-0.4, -0.2) is 11.6 Å². The van der Waals surface area contributed by atoms with Gasteiger partial charge in [-0.05, 0) is 42.3 Å². The Balaban J connectivity index is 2.35. The maximum Gasteiger partial charge on any atom is 0.137 e. The fraction of sp³-hybridized carbons (Fsp3) is 0.214. The van der Waals surface area contributed by atoms with Gasteiger partial charge in [0.15, 0.2) is 0 Å². The first kappa shape index (κ1) is 14.1. The minimum atomic E-state index is -0.390. The summed E-state index contributed by atoms with van der Waals surface area (Å²) in [5.41, 5.74) is 7.81. The minimum absolute atomic E-state index is 0.390. The van der Waals surface area contributed by atoms with Crippen LogP contribution in [0.25, 0.3) is 0 Å². The first-order chi connectivity index (χ1) is 9.11. The fourth-order valence-electron chi connectivity index (χ4n) is 1.78. The molecule has 5 heteroatoms. The van der Waals surface area contributed by atoms with E-state index in [0.717, 1.165) is 11.1 Å². The van der Waals surface area contributed by atoms with Crippen LogP contribution in [0.15, 0.2) is 36.7 Å². The molecule has 0 radical (unpaired) electrons. The van der Waals surface area contributed by atoms with E-state index < -0.39 is 0 Å². The number of hydrogen-bond donors (Lipinski definition) is 1. The smallest absolute Gasteiger partial charge is 0.137 e. The maximum atomic E-state index is 6.21. The molecule has 0 aliphatic heterocycles. The van der Waals surface area contributed by atoms with Crippen molar-refractivity contribution in [3.8, 4) is 5.75 Å². The highest BCUT2D eigenvalue weighted by Gasteiger charge is 2.14. The van der Waals surface area contributed by atoms with Gasteiger partial charge in [0, 0.05) is 16.2 Å². The topological polar surface area (TPSA) is 48.1 Å². The molecule has 0 saturated carbocycles. The first-order valence-corrected chi connectivity index (χ1v) is 6.65. The van der Waals surface area contributed by atoms with Crippen LogP contribution in [0.5, 0.6) is 5.75 Å². The Hall–Kier alpha value is -1.29. The summed E-state index contributed by atoms with van der Waals surface area (Å²) in [5, 5.41) is 1.18. The molecule has 1 heterocycles. The van der Waals surface area contributed by atoms with Gasteiger partial charge in [0.1, 0.15) is 5.75 Å². The van der Waals surface area contributed by atoms with Crippen molar-refractivity contribution in [2.45, 2.75) is 13.0 Å². The van der Waals surface area contributed by atoms with Crippen molar-refractivity contribution in [2.75, 3.05) is 6.61 Å². The standard InChI is InChI=1S/C14H14Cl2N2O/c1-2-19-11-5-9(7-18-8-11)14(17)12-6-10(15)3-4-13(12)16/h3-8,14H,2,17H2,1H3. The Labute approximate surface area is 122 Å². The lowest BCUT2D eigenvalue weighted by atomic mass is 10.0. The van der Waals surface area contributed by atoms with Crippen LogP contribution < -0.4 is 10.5 Å². The Morgan fingerprint density at radius 3 is 2.79 bits per heavy atom. The van der Waals surface area contributed by atoms with E-state index in [1.165, 1.54) is 0 Å². The second kappa shape index (κ2) is 6.24. The molecule has 1 aromatic heterocycles. The van der Waals surface area contributed by atoms with E-state index in [1.807, 2.05) is 13.0 Å². The summed E-state index contributed by atoms with van der Waals surface area (Å²) < 4.78 is 5.41. The predicted molar refractivity (Wildman–Crippen MR) is 77.9 cm³/mol. The zero-order chi connectivity index (χ0) is 13.8. The van der Waals surface area contributed by atoms with E-state index >= 15 is 0 Å². The lowest BCUT2D eigenvalue weighted by Crippen LogP contribution is -2.13. The van der Waals surface area contributed by atoms with E-state index in [1.54, 1.807) is 30.6 Å². The van der Waals surface area contributed by atoms with E-state index in [2.05, 4.69) is 4.98 Å². The summed E-state index contributed by atoms with van der Waals surface area (Å²) in [5.74, 6) is 0.689. The van der Waals surface area contributed by atoms with Crippen molar-refractivity contribution < 1.29 is 4.74 Å². The summed E-state index contributed by atoms with van der Waals surface area (Å²) in [6, 6.07) is 6.70. The number of hydrogen-bond acceptors (Lipinski definition) is 3. The second-order valence-corrected chi connectivity index (χ2v) is 4.87. The quantitative estimate of drug-likeness (QED) is 0.933. The summed E-state index contributed by atoms with van der Waals surface area (Å²) in [6.07, 6.45) is 3.35. The highest BCUT2D eigenvalue weighted by atomic mass is 35.5. The zero-order valence-electron chi connectivity index (χ0n) is 10.4. The van der Waals surface area contributed by atoms with Gasteiger partial charge in [-0.15, -0.1) is 0 Å². The van der Waals surface area contributed by atoms with E-state index in [0.29, 0.717) is 22.4 Å². The molecule has 2 N–H and O–H groups in total. The van der Waals surface area contributed by atoms with E-state index in [9.17, 15) is 0 Å². The second-order valence-electron chi connectivity index (χ2n) is 4.03. The van der Waals surface area contributed by atoms with Gasteiger partial charge in [0.05, 0.1) is 18.8 Å². The van der Waals surface area contributed by atoms with Crippen LogP contribution in [0.3, 0.4) is 0 Å². The number of halogens is 2. The largest absolute Gasteiger partial charge is 0.492 e. The molecule has 0 saturated heterocycles. The third-order valence-electron chi connectivity index (χ3n) is 2.70. The van der Waals surface area contributed by atoms with Crippen molar-refractivity contribution in [1.29, 1.82) is 0 Å². The van der Waals surface area contributed by atoms with Gasteiger partial charge in [0.25, 0.3) is 0 Å². The van der Waals surface area contributed by atoms with Crippen molar-refractivity contribution in [3.63, 3.8) is 0 Å². The summed E-state index contributed by atoms with van der Waals surface area (Å²) in [6.45, 7) is 2.50. The normalized spacial score (nSPS) is 12.2. The number of nitrogens with zero attached hydrogens (tertiary/aromatic N) is 1. The van der Waals surface area contributed by atoms with Gasteiger partial charge in [-0.25, -0.2) is 0 Å². The average molecular weight is 297 g/mol. The number of benzene rings is 1. The Bertz CT molecular complexity index is 575. The summed E-state index contributed by atoms with van der Waals surface area (Å²) in [4.78, 5) is 4.12. The maximum absolute atomic E-state index is 6.21. The third-order valence-corrected chi connectivity index (χ3v) is 3.28. The molecule has 2 rings (SSSR count). The van der Waals surface area contributed by atoms with Crippen LogP contribution in [0.2, 0.25) is 10.0 Å². The Morgan fingerprint density at radius 1 is 1.26 bits per heavy atom. The number of rotatable bonds is 4. The molecule has 1 atom stereocenters. The molecular formula is C14H14Cl2N2O.